The number of nitrogens with zero attached hydrogens (tertiary/aromatic N) is 4. The summed E-state index contributed by atoms with van der Waals surface area (Å²) in [5.41, 5.74) is 0.815. The fourth-order valence-electron chi connectivity index (χ4n) is 3.25. The number of carbonyl (C=O) groups is 1. The summed E-state index contributed by atoms with van der Waals surface area (Å²) in [5, 5.41) is 0.639. The number of anilines is 2. The quantitative estimate of drug-likeness (QED) is 0.672. The number of piperazine rings is 1. The second kappa shape index (κ2) is 9.20. The molecule has 0 atom stereocenters. The molecule has 0 bridgehead atoms. The van der Waals surface area contributed by atoms with Crippen LogP contribution in [-0.4, -0.2) is 70.3 Å². The van der Waals surface area contributed by atoms with Gasteiger partial charge < -0.3 is 9.80 Å². The molecule has 0 spiro atoms. The van der Waals surface area contributed by atoms with Gasteiger partial charge in [-0.15, -0.1) is 0 Å². The molecule has 30 heavy (non-hydrogen) atoms. The SMILES string of the molecule is CN(C)S(=O)(=O)N(CC(=O)N1CCN(c2cccc(Cl)c2)CC1)c1ccccc1F. The number of para-hydroxylation sites is 1. The summed E-state index contributed by atoms with van der Waals surface area (Å²) < 4.78 is 41.6. The van der Waals surface area contributed by atoms with Gasteiger partial charge in [-0.1, -0.05) is 29.8 Å². The van der Waals surface area contributed by atoms with Gasteiger partial charge in [0.15, 0.2) is 0 Å². The van der Waals surface area contributed by atoms with Gasteiger partial charge in [0.25, 0.3) is 0 Å². The largest absolute Gasteiger partial charge is 0.368 e. The highest BCUT2D eigenvalue weighted by Gasteiger charge is 2.31. The fraction of sp³-hybridized carbons (Fsp3) is 0.350. The minimum absolute atomic E-state index is 0.155. The molecule has 0 unspecified atom stereocenters. The van der Waals surface area contributed by atoms with E-state index in [0.29, 0.717) is 31.2 Å². The van der Waals surface area contributed by atoms with Crippen LogP contribution in [0.15, 0.2) is 48.5 Å². The maximum atomic E-state index is 14.3. The Kier molecular flexibility index (Phi) is 6.84. The zero-order chi connectivity index (χ0) is 21.9. The van der Waals surface area contributed by atoms with Crippen molar-refractivity contribution in [1.29, 1.82) is 0 Å². The van der Waals surface area contributed by atoms with Crippen LogP contribution in [-0.2, 0) is 15.0 Å². The Balaban J connectivity index is 1.73. The molecule has 1 aliphatic rings. The minimum atomic E-state index is -4.05. The normalized spacial score (nSPS) is 14.8. The van der Waals surface area contributed by atoms with E-state index in [-0.39, 0.29) is 11.6 Å². The second-order valence-corrected chi connectivity index (χ2v) is 9.60. The minimum Gasteiger partial charge on any atom is -0.368 e. The van der Waals surface area contributed by atoms with Crippen molar-refractivity contribution in [1.82, 2.24) is 9.21 Å². The van der Waals surface area contributed by atoms with Crippen LogP contribution in [0.1, 0.15) is 0 Å². The van der Waals surface area contributed by atoms with Gasteiger partial charge in [0.2, 0.25) is 5.91 Å². The maximum absolute atomic E-state index is 14.3. The van der Waals surface area contributed by atoms with Gasteiger partial charge in [-0.3, -0.25) is 4.79 Å². The first-order valence-corrected chi connectivity index (χ1v) is 11.2. The monoisotopic (exact) mass is 454 g/mol. The third-order valence-corrected chi connectivity index (χ3v) is 6.99. The van der Waals surface area contributed by atoms with Crippen molar-refractivity contribution in [2.75, 3.05) is 56.0 Å². The molecule has 0 aromatic heterocycles. The molecule has 2 aromatic rings. The average Bonchev–Trinajstić information content (AvgIpc) is 2.72. The lowest BCUT2D eigenvalue weighted by Gasteiger charge is -2.37. The Morgan fingerprint density at radius 3 is 2.33 bits per heavy atom. The van der Waals surface area contributed by atoms with E-state index in [1.165, 1.54) is 38.4 Å². The molecule has 0 aliphatic carbocycles. The van der Waals surface area contributed by atoms with Gasteiger partial charge in [0.05, 0.1) is 5.69 Å². The van der Waals surface area contributed by atoms with Gasteiger partial charge in [-0.25, -0.2) is 8.70 Å². The van der Waals surface area contributed by atoms with Crippen LogP contribution in [0, 0.1) is 5.82 Å². The van der Waals surface area contributed by atoms with Crippen molar-refractivity contribution in [2.45, 2.75) is 0 Å². The first-order chi connectivity index (χ1) is 14.2. The van der Waals surface area contributed by atoms with Gasteiger partial charge in [-0.05, 0) is 30.3 Å². The summed E-state index contributed by atoms with van der Waals surface area (Å²) in [4.78, 5) is 16.6. The molecule has 0 N–H and O–H groups in total. The lowest BCUT2D eigenvalue weighted by Crippen LogP contribution is -2.53. The highest BCUT2D eigenvalue weighted by molar-refractivity contribution is 7.90. The number of rotatable bonds is 6. The van der Waals surface area contributed by atoms with Crippen LogP contribution in [0.5, 0.6) is 0 Å². The summed E-state index contributed by atoms with van der Waals surface area (Å²) in [6.45, 7) is 1.56. The van der Waals surface area contributed by atoms with Crippen LogP contribution >= 0.6 is 11.6 Å². The highest BCUT2D eigenvalue weighted by Crippen LogP contribution is 2.24. The molecule has 162 valence electrons. The molecule has 0 saturated carbocycles. The Labute approximate surface area is 181 Å². The van der Waals surface area contributed by atoms with E-state index in [2.05, 4.69) is 4.90 Å². The van der Waals surface area contributed by atoms with E-state index in [4.69, 9.17) is 11.6 Å². The van der Waals surface area contributed by atoms with Crippen molar-refractivity contribution in [3.8, 4) is 0 Å². The number of benzene rings is 2. The highest BCUT2D eigenvalue weighted by atomic mass is 35.5. The van der Waals surface area contributed by atoms with E-state index >= 15 is 0 Å². The second-order valence-electron chi connectivity index (χ2n) is 7.10. The molecule has 0 radical (unpaired) electrons. The molecular weight excluding hydrogens is 431 g/mol. The van der Waals surface area contributed by atoms with E-state index in [9.17, 15) is 17.6 Å². The van der Waals surface area contributed by atoms with Crippen molar-refractivity contribution in [3.63, 3.8) is 0 Å². The molecule has 1 amide bonds. The lowest BCUT2D eigenvalue weighted by molar-refractivity contribution is -0.129. The molecule has 1 heterocycles. The summed E-state index contributed by atoms with van der Waals surface area (Å²) in [6, 6.07) is 13.0. The van der Waals surface area contributed by atoms with Gasteiger partial charge in [0, 0.05) is 51.0 Å². The summed E-state index contributed by atoms with van der Waals surface area (Å²) in [6.07, 6.45) is 0. The zero-order valence-corrected chi connectivity index (χ0v) is 18.4. The Bertz CT molecular complexity index is 1010. The maximum Gasteiger partial charge on any atom is 0.304 e. The molecule has 7 nitrogen and oxygen atoms in total. The molecule has 2 aromatic carbocycles. The van der Waals surface area contributed by atoms with Crippen molar-refractivity contribution < 1.29 is 17.6 Å². The molecule has 3 rings (SSSR count). The zero-order valence-electron chi connectivity index (χ0n) is 16.8. The van der Waals surface area contributed by atoms with E-state index in [1.54, 1.807) is 11.0 Å². The first-order valence-electron chi connectivity index (χ1n) is 9.43. The summed E-state index contributed by atoms with van der Waals surface area (Å²) in [5.74, 6) is -1.09. The Morgan fingerprint density at radius 1 is 1.07 bits per heavy atom. The average molecular weight is 455 g/mol. The molecule has 1 saturated heterocycles. The van der Waals surface area contributed by atoms with E-state index in [0.717, 1.165) is 14.3 Å². The topological polar surface area (TPSA) is 64.2 Å². The van der Waals surface area contributed by atoms with E-state index in [1.807, 2.05) is 18.2 Å². The number of hydrogen-bond acceptors (Lipinski definition) is 4. The number of carbonyl (C=O) groups excluding carboxylic acids is 1. The fourth-order valence-corrected chi connectivity index (χ4v) is 4.50. The van der Waals surface area contributed by atoms with E-state index < -0.39 is 22.6 Å². The smallest absolute Gasteiger partial charge is 0.304 e. The molecule has 1 fully saturated rings. The van der Waals surface area contributed by atoms with Crippen LogP contribution in [0.3, 0.4) is 0 Å². The summed E-state index contributed by atoms with van der Waals surface area (Å²) in [7, 11) is -1.36. The molecule has 10 heteroatoms. The standard InChI is InChI=1S/C20H24ClFN4O3S/c1-23(2)30(28,29)26(19-9-4-3-8-18(19)22)15-20(27)25-12-10-24(11-13-25)17-7-5-6-16(21)14-17/h3-9,14H,10-13,15H2,1-2H3. The van der Waals surface area contributed by atoms with Crippen LogP contribution in [0.25, 0.3) is 0 Å². The number of halogens is 2. The van der Waals surface area contributed by atoms with Gasteiger partial charge in [-0.2, -0.15) is 12.7 Å². The third kappa shape index (κ3) is 4.85. The predicted molar refractivity (Wildman–Crippen MR) is 117 cm³/mol. The van der Waals surface area contributed by atoms with Crippen LogP contribution in [0.4, 0.5) is 15.8 Å². The van der Waals surface area contributed by atoms with Gasteiger partial charge >= 0.3 is 10.2 Å². The van der Waals surface area contributed by atoms with Crippen molar-refractivity contribution in [2.24, 2.45) is 0 Å². The predicted octanol–water partition coefficient (Wildman–Crippen LogP) is 2.44. The van der Waals surface area contributed by atoms with Crippen molar-refractivity contribution >= 4 is 39.1 Å². The number of hydrogen-bond donors (Lipinski definition) is 0. The molecule has 1 aliphatic heterocycles. The van der Waals surface area contributed by atoms with Gasteiger partial charge in [0.1, 0.15) is 12.4 Å². The van der Waals surface area contributed by atoms with Crippen LogP contribution in [0.2, 0.25) is 5.02 Å². The molecular formula is C20H24ClFN4O3S. The first kappa shape index (κ1) is 22.3. The number of amides is 1. The van der Waals surface area contributed by atoms with Crippen molar-refractivity contribution in [3.05, 3.63) is 59.4 Å². The third-order valence-electron chi connectivity index (χ3n) is 4.95. The Hall–Kier alpha value is -2.36. The summed E-state index contributed by atoms with van der Waals surface area (Å²) >= 11 is 6.05. The Morgan fingerprint density at radius 2 is 1.73 bits per heavy atom. The van der Waals surface area contributed by atoms with Crippen LogP contribution < -0.4 is 9.21 Å². The lowest BCUT2D eigenvalue weighted by atomic mass is 10.2.